The van der Waals surface area contributed by atoms with Crippen LogP contribution in [0.4, 0.5) is 5.69 Å². The van der Waals surface area contributed by atoms with Gasteiger partial charge in [-0.05, 0) is 54.4 Å². The van der Waals surface area contributed by atoms with E-state index in [1.54, 1.807) is 7.11 Å². The first-order chi connectivity index (χ1) is 11.7. The van der Waals surface area contributed by atoms with Gasteiger partial charge in [0.1, 0.15) is 5.75 Å². The van der Waals surface area contributed by atoms with Gasteiger partial charge in [-0.15, -0.1) is 0 Å². The molecule has 6 atom stereocenters. The first kappa shape index (κ1) is 14.1. The Kier molecular flexibility index (Phi) is 2.84. The normalized spacial score (nSPS) is 38.1. The molecule has 2 amide bonds. The monoisotopic (exact) mass is 324 g/mol. The summed E-state index contributed by atoms with van der Waals surface area (Å²) < 4.78 is 5.14. The zero-order chi connectivity index (χ0) is 16.4. The molecule has 0 spiro atoms. The third-order valence-corrected chi connectivity index (χ3v) is 6.29. The summed E-state index contributed by atoms with van der Waals surface area (Å²) in [6.45, 7) is 0.242. The van der Waals surface area contributed by atoms with Gasteiger partial charge in [0.15, 0.2) is 0 Å². The molecule has 2 saturated carbocycles. The van der Waals surface area contributed by atoms with Gasteiger partial charge in [0.25, 0.3) is 0 Å². The number of carbonyl (C=O) groups excluding carboxylic acids is 2. The lowest BCUT2D eigenvalue weighted by Gasteiger charge is -2.37. The number of ether oxygens (including phenoxy) is 1. The summed E-state index contributed by atoms with van der Waals surface area (Å²) in [5.41, 5.74) is 0.871. The molecule has 5 heteroatoms. The number of likely N-dealkylation sites (tertiary alicyclic amines) is 1. The number of rotatable bonds is 4. The van der Waals surface area contributed by atoms with Crippen LogP contribution in [0, 0.1) is 35.5 Å². The summed E-state index contributed by atoms with van der Waals surface area (Å²) in [5.74, 6) is 2.43. The molecule has 1 N–H and O–H groups in total. The van der Waals surface area contributed by atoms with Crippen LogP contribution in [-0.4, -0.2) is 30.5 Å². The van der Waals surface area contributed by atoms with Crippen LogP contribution in [0.3, 0.4) is 0 Å². The van der Waals surface area contributed by atoms with E-state index in [4.69, 9.17) is 4.74 Å². The van der Waals surface area contributed by atoms with Crippen molar-refractivity contribution >= 4 is 17.5 Å². The van der Waals surface area contributed by atoms with Crippen LogP contribution in [0.25, 0.3) is 0 Å². The highest BCUT2D eigenvalue weighted by atomic mass is 16.5. The molecule has 1 aliphatic heterocycles. The Labute approximate surface area is 140 Å². The van der Waals surface area contributed by atoms with Crippen LogP contribution >= 0.6 is 0 Å². The molecular formula is C19H20N2O3. The molecule has 2 bridgehead atoms. The average Bonchev–Trinajstić information content (AvgIpc) is 3.39. The predicted octanol–water partition coefficient (Wildman–Crippen LogP) is 2.12. The summed E-state index contributed by atoms with van der Waals surface area (Å²) in [7, 11) is 1.62. The Bertz CT molecular complexity index is 705. The summed E-state index contributed by atoms with van der Waals surface area (Å²) in [6.07, 6.45) is 5.59. The number of allylic oxidation sites excluding steroid dienone is 2. The maximum absolute atomic E-state index is 12.8. The van der Waals surface area contributed by atoms with Gasteiger partial charge in [-0.1, -0.05) is 12.2 Å². The van der Waals surface area contributed by atoms with Crippen LogP contribution < -0.4 is 10.1 Å². The lowest BCUT2D eigenvalue weighted by atomic mass is 9.63. The quantitative estimate of drug-likeness (QED) is 0.681. The predicted molar refractivity (Wildman–Crippen MR) is 88.0 cm³/mol. The second-order valence-electron chi connectivity index (χ2n) is 7.32. The van der Waals surface area contributed by atoms with Gasteiger partial charge in [0, 0.05) is 5.69 Å². The lowest BCUT2D eigenvalue weighted by Crippen LogP contribution is -2.40. The topological polar surface area (TPSA) is 58.6 Å². The zero-order valence-electron chi connectivity index (χ0n) is 13.5. The molecule has 5 aliphatic rings. The minimum atomic E-state index is -0.117. The summed E-state index contributed by atoms with van der Waals surface area (Å²) in [4.78, 5) is 27.1. The van der Waals surface area contributed by atoms with E-state index in [1.165, 1.54) is 11.3 Å². The Morgan fingerprint density at radius 3 is 2.17 bits per heavy atom. The van der Waals surface area contributed by atoms with E-state index in [0.29, 0.717) is 11.8 Å². The Hall–Kier alpha value is -2.30. The molecule has 1 aromatic carbocycles. The largest absolute Gasteiger partial charge is 0.497 e. The fourth-order valence-electron chi connectivity index (χ4n) is 5.05. The van der Waals surface area contributed by atoms with Gasteiger partial charge in [-0.3, -0.25) is 14.5 Å². The Morgan fingerprint density at radius 2 is 1.62 bits per heavy atom. The number of methoxy groups -OCH3 is 1. The van der Waals surface area contributed by atoms with E-state index < -0.39 is 0 Å². The van der Waals surface area contributed by atoms with Crippen molar-refractivity contribution in [1.29, 1.82) is 0 Å². The maximum atomic E-state index is 12.8. The number of carbonyl (C=O) groups is 2. The second-order valence-corrected chi connectivity index (χ2v) is 7.32. The van der Waals surface area contributed by atoms with Crippen LogP contribution in [0.15, 0.2) is 36.4 Å². The van der Waals surface area contributed by atoms with Crippen molar-refractivity contribution in [2.24, 2.45) is 35.5 Å². The first-order valence-electron chi connectivity index (χ1n) is 8.60. The number of nitrogens with zero attached hydrogens (tertiary/aromatic N) is 1. The van der Waals surface area contributed by atoms with Gasteiger partial charge in [-0.2, -0.15) is 0 Å². The number of benzene rings is 1. The molecule has 1 saturated heterocycles. The van der Waals surface area contributed by atoms with Crippen molar-refractivity contribution in [1.82, 2.24) is 4.90 Å². The number of hydrogen-bond donors (Lipinski definition) is 1. The SMILES string of the molecule is COc1ccc(NCN2C(=O)[C@H]3[C@@H]4C=C[C@@H]([C@H]5C[C@H]45)[C@@H]3C2=O)cc1. The van der Waals surface area contributed by atoms with Gasteiger partial charge in [0.05, 0.1) is 25.6 Å². The van der Waals surface area contributed by atoms with Crippen LogP contribution in [-0.2, 0) is 9.59 Å². The number of amides is 2. The molecule has 4 aliphatic carbocycles. The van der Waals surface area contributed by atoms with Gasteiger partial charge in [-0.25, -0.2) is 0 Å². The van der Waals surface area contributed by atoms with E-state index in [2.05, 4.69) is 17.5 Å². The molecule has 0 unspecified atom stereocenters. The molecule has 3 fully saturated rings. The molecule has 0 radical (unpaired) electrons. The van der Waals surface area contributed by atoms with Crippen molar-refractivity contribution in [3.05, 3.63) is 36.4 Å². The van der Waals surface area contributed by atoms with Crippen molar-refractivity contribution in [3.8, 4) is 5.75 Å². The third-order valence-electron chi connectivity index (χ3n) is 6.29. The summed E-state index contributed by atoms with van der Waals surface area (Å²) in [5, 5.41) is 3.19. The third kappa shape index (κ3) is 1.81. The van der Waals surface area contributed by atoms with E-state index in [1.807, 2.05) is 24.3 Å². The molecule has 24 heavy (non-hydrogen) atoms. The van der Waals surface area contributed by atoms with Crippen LogP contribution in [0.2, 0.25) is 0 Å². The number of nitrogens with one attached hydrogen (secondary N) is 1. The molecule has 1 aromatic rings. The molecule has 5 nitrogen and oxygen atoms in total. The zero-order valence-corrected chi connectivity index (χ0v) is 13.5. The average molecular weight is 324 g/mol. The van der Waals surface area contributed by atoms with Crippen molar-refractivity contribution in [3.63, 3.8) is 0 Å². The number of imide groups is 1. The van der Waals surface area contributed by atoms with Gasteiger partial charge >= 0.3 is 0 Å². The highest BCUT2D eigenvalue weighted by molar-refractivity contribution is 6.06. The Morgan fingerprint density at radius 1 is 1.04 bits per heavy atom. The molecule has 124 valence electrons. The van der Waals surface area contributed by atoms with Crippen LogP contribution in [0.1, 0.15) is 6.42 Å². The van der Waals surface area contributed by atoms with Crippen molar-refractivity contribution < 1.29 is 14.3 Å². The fraction of sp³-hybridized carbons (Fsp3) is 0.474. The van der Waals surface area contributed by atoms with E-state index in [-0.39, 0.29) is 42.2 Å². The number of anilines is 1. The molecule has 0 aromatic heterocycles. The molecule has 6 rings (SSSR count). The smallest absolute Gasteiger partial charge is 0.235 e. The van der Waals surface area contributed by atoms with E-state index in [9.17, 15) is 9.59 Å². The summed E-state index contributed by atoms with van der Waals surface area (Å²) in [6, 6.07) is 7.48. The second kappa shape index (κ2) is 4.85. The maximum Gasteiger partial charge on any atom is 0.235 e. The Balaban J connectivity index is 1.33. The number of hydrogen-bond acceptors (Lipinski definition) is 4. The van der Waals surface area contributed by atoms with Crippen LogP contribution in [0.5, 0.6) is 5.75 Å². The minimum absolute atomic E-state index is 0.00992. The van der Waals surface area contributed by atoms with Gasteiger partial charge < -0.3 is 10.1 Å². The fourth-order valence-corrected chi connectivity index (χ4v) is 5.05. The minimum Gasteiger partial charge on any atom is -0.497 e. The van der Waals surface area contributed by atoms with E-state index in [0.717, 1.165) is 11.4 Å². The molecule has 1 heterocycles. The van der Waals surface area contributed by atoms with E-state index >= 15 is 0 Å². The molecular weight excluding hydrogens is 304 g/mol. The first-order valence-corrected chi connectivity index (χ1v) is 8.60. The van der Waals surface area contributed by atoms with Crippen molar-refractivity contribution in [2.75, 3.05) is 19.1 Å². The summed E-state index contributed by atoms with van der Waals surface area (Å²) >= 11 is 0. The van der Waals surface area contributed by atoms with Crippen molar-refractivity contribution in [2.45, 2.75) is 6.42 Å². The highest BCUT2D eigenvalue weighted by Gasteiger charge is 2.66. The lowest BCUT2D eigenvalue weighted by molar-refractivity contribution is -0.139. The standard InChI is InChI=1S/C19H20N2O3/c1-24-11-4-2-10(3-5-11)20-9-21-18(22)16-12-6-7-13(15-8-14(12)15)17(16)19(21)23/h2-7,12-17,20H,8-9H2,1H3/t12-,13+,14-,15-,16+,17+/m1/s1. The van der Waals surface area contributed by atoms with Gasteiger partial charge in [0.2, 0.25) is 11.8 Å². The highest BCUT2D eigenvalue weighted by Crippen LogP contribution is 2.65.